The minimum atomic E-state index is -0.0529. The number of likely N-dealkylation sites (tertiary alicyclic amines) is 1. The summed E-state index contributed by atoms with van der Waals surface area (Å²) in [7, 11) is 5.96. The zero-order valence-electron chi connectivity index (χ0n) is 20.0. The number of anilines is 1. The summed E-state index contributed by atoms with van der Waals surface area (Å²) in [5, 5.41) is 6.37. The highest BCUT2D eigenvalue weighted by Gasteiger charge is 2.25. The molecule has 0 aromatic heterocycles. The minimum absolute atomic E-state index is 0.0529. The van der Waals surface area contributed by atoms with E-state index in [1.807, 2.05) is 52.4 Å². The van der Waals surface area contributed by atoms with E-state index in [-0.39, 0.29) is 11.9 Å². The number of nitrogens with zero attached hydrogens (tertiary/aromatic N) is 2. The van der Waals surface area contributed by atoms with Crippen LogP contribution in [0.1, 0.15) is 35.2 Å². The predicted octanol–water partition coefficient (Wildman–Crippen LogP) is 3.31. The van der Waals surface area contributed by atoms with Crippen molar-refractivity contribution < 1.29 is 9.53 Å². The van der Waals surface area contributed by atoms with E-state index >= 15 is 0 Å². The Bertz CT molecular complexity index is 854. The fraction of sp³-hybridized carbons (Fsp3) is 0.500. The van der Waals surface area contributed by atoms with E-state index in [2.05, 4.69) is 32.9 Å². The summed E-state index contributed by atoms with van der Waals surface area (Å²) in [5.41, 5.74) is 3.51. The summed E-state index contributed by atoms with van der Waals surface area (Å²) < 4.78 is 5.99. The number of amides is 1. The van der Waals surface area contributed by atoms with Crippen LogP contribution in [0.15, 0.2) is 36.4 Å². The average Bonchev–Trinajstić information content (AvgIpc) is 3.18. The van der Waals surface area contributed by atoms with Gasteiger partial charge in [0.15, 0.2) is 0 Å². The second kappa shape index (κ2) is 12.9. The summed E-state index contributed by atoms with van der Waals surface area (Å²) in [6, 6.07) is 3.96. The van der Waals surface area contributed by atoms with Gasteiger partial charge in [-0.05, 0) is 57.1 Å². The monoisotopic (exact) mass is 438 g/mol. The number of benzene rings is 1. The molecule has 1 heterocycles. The van der Waals surface area contributed by atoms with Crippen LogP contribution in [0.25, 0.3) is 0 Å². The minimum Gasteiger partial charge on any atom is -0.491 e. The van der Waals surface area contributed by atoms with E-state index in [0.717, 1.165) is 55.8 Å². The molecule has 1 atom stereocenters. The van der Waals surface area contributed by atoms with Crippen LogP contribution in [-0.2, 0) is 0 Å². The highest BCUT2D eigenvalue weighted by Crippen LogP contribution is 2.29. The molecule has 0 aliphatic carbocycles. The van der Waals surface area contributed by atoms with Crippen molar-refractivity contribution in [3.8, 4) is 18.1 Å². The van der Waals surface area contributed by atoms with E-state index in [4.69, 9.17) is 11.2 Å². The number of rotatable bonds is 12. The van der Waals surface area contributed by atoms with E-state index < -0.39 is 0 Å². The predicted molar refractivity (Wildman–Crippen MR) is 133 cm³/mol. The topological polar surface area (TPSA) is 56.8 Å². The van der Waals surface area contributed by atoms with Crippen molar-refractivity contribution in [1.29, 1.82) is 0 Å². The molecule has 6 heteroatoms. The third-order valence-electron chi connectivity index (χ3n) is 5.47. The number of aryl methyl sites for hydroxylation is 1. The summed E-state index contributed by atoms with van der Waals surface area (Å²) in [5.74, 6) is 3.25. The molecule has 1 amide bonds. The van der Waals surface area contributed by atoms with Gasteiger partial charge in [0, 0.05) is 51.3 Å². The third kappa shape index (κ3) is 8.07. The Kier molecular flexibility index (Phi) is 10.3. The Morgan fingerprint density at radius 2 is 2.22 bits per heavy atom. The molecule has 1 unspecified atom stereocenters. The molecule has 2 rings (SSSR count). The first kappa shape index (κ1) is 25.5. The van der Waals surface area contributed by atoms with E-state index in [1.54, 1.807) is 0 Å². The molecular weight excluding hydrogens is 400 g/mol. The number of carbonyl (C=O) groups excluding carboxylic acids is 1. The SMILES string of the molecule is C#CC/C=C\C(=C)CN1CCC(NC(=O)c2cc(OCCCN(C)C)c(NC)cc2C)C1. The maximum Gasteiger partial charge on any atom is 0.251 e. The van der Waals surface area contributed by atoms with Gasteiger partial charge in [0.25, 0.3) is 5.91 Å². The van der Waals surface area contributed by atoms with Gasteiger partial charge in [-0.2, -0.15) is 0 Å². The van der Waals surface area contributed by atoms with Crippen molar-refractivity contribution in [2.75, 3.05) is 59.2 Å². The second-order valence-corrected chi connectivity index (χ2v) is 8.58. The van der Waals surface area contributed by atoms with E-state index in [0.29, 0.717) is 24.3 Å². The lowest BCUT2D eigenvalue weighted by atomic mass is 10.1. The van der Waals surface area contributed by atoms with Crippen LogP contribution in [0.5, 0.6) is 5.75 Å². The number of allylic oxidation sites excluding steroid dienone is 1. The highest BCUT2D eigenvalue weighted by molar-refractivity contribution is 5.97. The molecule has 0 bridgehead atoms. The molecule has 0 saturated carbocycles. The summed E-state index contributed by atoms with van der Waals surface area (Å²) in [4.78, 5) is 17.5. The Hall–Kier alpha value is -2.75. The first-order chi connectivity index (χ1) is 15.3. The van der Waals surface area contributed by atoms with Gasteiger partial charge in [0.1, 0.15) is 5.75 Å². The van der Waals surface area contributed by atoms with Gasteiger partial charge in [-0.3, -0.25) is 9.69 Å². The summed E-state index contributed by atoms with van der Waals surface area (Å²) in [6.07, 6.45) is 11.7. The van der Waals surface area contributed by atoms with Crippen molar-refractivity contribution in [3.05, 3.63) is 47.6 Å². The number of carbonyl (C=O) groups is 1. The standard InChI is InChI=1S/C26H38N4O2/c1-7-8-9-11-20(2)18-30-14-12-22(19-30)28-26(31)23-17-25(24(27-4)16-21(23)3)32-15-10-13-29(5)6/h1,9,11,16-17,22,27H,2,8,10,12-15,18-19H2,3-6H3,(H,28,31)/b11-9-. The second-order valence-electron chi connectivity index (χ2n) is 8.58. The zero-order valence-corrected chi connectivity index (χ0v) is 20.0. The molecule has 0 radical (unpaired) electrons. The van der Waals surface area contributed by atoms with Crippen molar-refractivity contribution in [3.63, 3.8) is 0 Å². The molecule has 1 aliphatic heterocycles. The smallest absolute Gasteiger partial charge is 0.251 e. The molecule has 1 aromatic rings. The average molecular weight is 439 g/mol. The van der Waals surface area contributed by atoms with Gasteiger partial charge in [-0.25, -0.2) is 0 Å². The van der Waals surface area contributed by atoms with Gasteiger partial charge < -0.3 is 20.3 Å². The van der Waals surface area contributed by atoms with Crippen LogP contribution in [0.2, 0.25) is 0 Å². The molecule has 1 aliphatic rings. The molecule has 174 valence electrons. The maximum absolute atomic E-state index is 13.0. The van der Waals surface area contributed by atoms with Crippen LogP contribution in [0, 0.1) is 19.3 Å². The number of nitrogens with one attached hydrogen (secondary N) is 2. The Morgan fingerprint density at radius 3 is 2.91 bits per heavy atom. The van der Waals surface area contributed by atoms with Crippen molar-refractivity contribution in [1.82, 2.24) is 15.1 Å². The highest BCUT2D eigenvalue weighted by atomic mass is 16.5. The normalized spacial score (nSPS) is 16.3. The Balaban J connectivity index is 1.95. The molecule has 32 heavy (non-hydrogen) atoms. The van der Waals surface area contributed by atoms with Crippen LogP contribution < -0.4 is 15.4 Å². The molecular formula is C26H38N4O2. The molecule has 1 saturated heterocycles. The Morgan fingerprint density at radius 1 is 1.44 bits per heavy atom. The molecule has 2 N–H and O–H groups in total. The first-order valence-corrected chi connectivity index (χ1v) is 11.2. The van der Waals surface area contributed by atoms with Crippen LogP contribution in [0.4, 0.5) is 5.69 Å². The van der Waals surface area contributed by atoms with Gasteiger partial charge in [0.2, 0.25) is 0 Å². The number of hydrogen-bond acceptors (Lipinski definition) is 5. The summed E-state index contributed by atoms with van der Waals surface area (Å²) >= 11 is 0. The molecule has 1 fully saturated rings. The van der Waals surface area contributed by atoms with Crippen LogP contribution >= 0.6 is 0 Å². The third-order valence-corrected chi connectivity index (χ3v) is 5.47. The van der Waals surface area contributed by atoms with Crippen molar-refractivity contribution >= 4 is 11.6 Å². The van der Waals surface area contributed by atoms with Crippen LogP contribution in [-0.4, -0.2) is 75.7 Å². The number of hydrogen-bond donors (Lipinski definition) is 2. The van der Waals surface area contributed by atoms with Gasteiger partial charge in [0.05, 0.1) is 12.3 Å². The maximum atomic E-state index is 13.0. The number of ether oxygens (including phenoxy) is 1. The lowest BCUT2D eigenvalue weighted by molar-refractivity contribution is 0.0937. The lowest BCUT2D eigenvalue weighted by Crippen LogP contribution is -2.37. The molecule has 1 aromatic carbocycles. The fourth-order valence-electron chi connectivity index (χ4n) is 3.80. The lowest BCUT2D eigenvalue weighted by Gasteiger charge is -2.19. The van der Waals surface area contributed by atoms with Gasteiger partial charge >= 0.3 is 0 Å². The zero-order chi connectivity index (χ0) is 23.5. The summed E-state index contributed by atoms with van der Waals surface area (Å²) in [6.45, 7) is 10.2. The van der Waals surface area contributed by atoms with Crippen LogP contribution in [0.3, 0.4) is 0 Å². The first-order valence-electron chi connectivity index (χ1n) is 11.2. The van der Waals surface area contributed by atoms with E-state index in [9.17, 15) is 4.79 Å². The Labute approximate surface area is 193 Å². The quantitative estimate of drug-likeness (QED) is 0.298. The fourth-order valence-corrected chi connectivity index (χ4v) is 3.80. The van der Waals surface area contributed by atoms with Crippen molar-refractivity contribution in [2.45, 2.75) is 32.2 Å². The van der Waals surface area contributed by atoms with Crippen molar-refractivity contribution in [2.24, 2.45) is 0 Å². The van der Waals surface area contributed by atoms with Gasteiger partial charge in [-0.15, -0.1) is 12.3 Å². The molecule has 6 nitrogen and oxygen atoms in total. The largest absolute Gasteiger partial charge is 0.491 e. The van der Waals surface area contributed by atoms with Gasteiger partial charge in [-0.1, -0.05) is 18.7 Å². The number of terminal acetylenes is 1. The molecule has 0 spiro atoms. The van der Waals surface area contributed by atoms with E-state index in [1.165, 1.54) is 0 Å².